The molecule has 1 fully saturated rings. The van der Waals surface area contributed by atoms with Crippen LogP contribution in [0.3, 0.4) is 0 Å². The van der Waals surface area contributed by atoms with Gasteiger partial charge in [0.15, 0.2) is 0 Å². The highest BCUT2D eigenvalue weighted by atomic mass is 16.4. The molecule has 3 unspecified atom stereocenters. The molecule has 0 heterocycles. The van der Waals surface area contributed by atoms with E-state index in [0.717, 1.165) is 44.4 Å². The van der Waals surface area contributed by atoms with Gasteiger partial charge >= 0.3 is 11.9 Å². The van der Waals surface area contributed by atoms with Crippen molar-refractivity contribution in [2.45, 2.75) is 130 Å². The Kier molecular flexibility index (Phi) is 13.4. The van der Waals surface area contributed by atoms with Crippen LogP contribution in [-0.4, -0.2) is 22.2 Å². The van der Waals surface area contributed by atoms with Crippen molar-refractivity contribution in [1.82, 2.24) is 0 Å². The van der Waals surface area contributed by atoms with Crippen molar-refractivity contribution in [3.63, 3.8) is 0 Å². The van der Waals surface area contributed by atoms with Gasteiger partial charge in [-0.2, -0.15) is 0 Å². The molecule has 3 atom stereocenters. The molecule has 0 spiro atoms. The Morgan fingerprint density at radius 1 is 0.806 bits per heavy atom. The van der Waals surface area contributed by atoms with Gasteiger partial charge in [-0.3, -0.25) is 9.59 Å². The highest BCUT2D eigenvalue weighted by Crippen LogP contribution is 2.49. The Hall–Kier alpha value is -1.06. The molecule has 0 amide bonds. The summed E-state index contributed by atoms with van der Waals surface area (Å²) in [7, 11) is 0. The fourth-order valence-corrected chi connectivity index (χ4v) is 5.48. The minimum absolute atomic E-state index is 0.00545. The van der Waals surface area contributed by atoms with Crippen LogP contribution >= 0.6 is 0 Å². The molecule has 4 nitrogen and oxygen atoms in total. The Morgan fingerprint density at radius 3 is 1.84 bits per heavy atom. The van der Waals surface area contributed by atoms with Gasteiger partial charge in [0, 0.05) is 0 Å². The zero-order valence-corrected chi connectivity index (χ0v) is 20.8. The lowest BCUT2D eigenvalue weighted by Gasteiger charge is -2.43. The highest BCUT2D eigenvalue weighted by Gasteiger charge is 2.49. The average Bonchev–Trinajstić information content (AvgIpc) is 2.69. The van der Waals surface area contributed by atoms with E-state index in [1.165, 1.54) is 38.5 Å². The van der Waals surface area contributed by atoms with Crippen LogP contribution in [0.15, 0.2) is 0 Å². The van der Waals surface area contributed by atoms with Crippen molar-refractivity contribution in [1.29, 1.82) is 0 Å². The molecule has 2 N–H and O–H groups in total. The molecule has 31 heavy (non-hydrogen) atoms. The monoisotopic (exact) mass is 438 g/mol. The second-order valence-electron chi connectivity index (χ2n) is 11.1. The molecule has 0 aromatic heterocycles. The quantitative estimate of drug-likeness (QED) is 0.226. The van der Waals surface area contributed by atoms with Gasteiger partial charge in [0.25, 0.3) is 0 Å². The molecule has 1 aliphatic carbocycles. The topological polar surface area (TPSA) is 74.6 Å². The van der Waals surface area contributed by atoms with Crippen LogP contribution in [-0.2, 0) is 9.59 Å². The summed E-state index contributed by atoms with van der Waals surface area (Å²) in [6, 6.07) is 0. The summed E-state index contributed by atoms with van der Waals surface area (Å²) < 4.78 is 0. The van der Waals surface area contributed by atoms with Gasteiger partial charge in [-0.05, 0) is 49.9 Å². The van der Waals surface area contributed by atoms with Crippen molar-refractivity contribution in [2.75, 3.05) is 0 Å². The van der Waals surface area contributed by atoms with Crippen molar-refractivity contribution in [3.05, 3.63) is 0 Å². The van der Waals surface area contributed by atoms with Crippen molar-refractivity contribution in [3.8, 4) is 0 Å². The van der Waals surface area contributed by atoms with E-state index in [1.807, 2.05) is 0 Å². The normalized spacial score (nSPS) is 24.1. The Morgan fingerprint density at radius 2 is 1.32 bits per heavy atom. The summed E-state index contributed by atoms with van der Waals surface area (Å²) in [5.74, 6) is -0.314. The molecule has 0 aliphatic heterocycles. The maximum absolute atomic E-state index is 12.4. The van der Waals surface area contributed by atoms with Crippen molar-refractivity contribution < 1.29 is 19.8 Å². The minimum atomic E-state index is -0.744. The molecule has 0 bridgehead atoms. The summed E-state index contributed by atoms with van der Waals surface area (Å²) in [4.78, 5) is 24.1. The van der Waals surface area contributed by atoms with Gasteiger partial charge in [0.1, 0.15) is 0 Å². The molecule has 0 radical (unpaired) electrons. The molecule has 1 aliphatic rings. The second kappa shape index (κ2) is 14.9. The van der Waals surface area contributed by atoms with E-state index in [9.17, 15) is 19.8 Å². The fraction of sp³-hybridized carbons (Fsp3) is 0.926. The minimum Gasteiger partial charge on any atom is -0.481 e. The van der Waals surface area contributed by atoms with E-state index in [1.54, 1.807) is 0 Å². The highest BCUT2D eigenvalue weighted by molar-refractivity contribution is 5.76. The summed E-state index contributed by atoms with van der Waals surface area (Å²) in [6.07, 6.45) is 16.1. The third-order valence-electron chi connectivity index (χ3n) is 7.55. The van der Waals surface area contributed by atoms with Crippen LogP contribution in [0.25, 0.3) is 0 Å². The number of aliphatic carboxylic acids is 2. The number of carboxylic acids is 2. The van der Waals surface area contributed by atoms with E-state index < -0.39 is 17.4 Å². The van der Waals surface area contributed by atoms with Gasteiger partial charge in [-0.25, -0.2) is 0 Å². The van der Waals surface area contributed by atoms with Crippen molar-refractivity contribution in [2.24, 2.45) is 29.1 Å². The predicted molar refractivity (Wildman–Crippen MR) is 128 cm³/mol. The van der Waals surface area contributed by atoms with Gasteiger partial charge in [-0.1, -0.05) is 98.3 Å². The maximum Gasteiger partial charge on any atom is 0.309 e. The number of hydrogen-bond donors (Lipinski definition) is 2. The molecular formula is C27H50O4. The first kappa shape index (κ1) is 28.0. The summed E-state index contributed by atoms with van der Waals surface area (Å²) in [5.41, 5.74) is -0.707. The van der Waals surface area contributed by atoms with E-state index in [2.05, 4.69) is 27.7 Å². The van der Waals surface area contributed by atoms with E-state index in [0.29, 0.717) is 31.6 Å². The number of hydrogen-bond acceptors (Lipinski definition) is 2. The molecule has 182 valence electrons. The van der Waals surface area contributed by atoms with Gasteiger partial charge in [0.05, 0.1) is 11.3 Å². The van der Waals surface area contributed by atoms with Crippen LogP contribution in [0.4, 0.5) is 0 Å². The first-order chi connectivity index (χ1) is 14.7. The van der Waals surface area contributed by atoms with Crippen LogP contribution < -0.4 is 0 Å². The van der Waals surface area contributed by atoms with Crippen LogP contribution in [0, 0.1) is 29.1 Å². The first-order valence-corrected chi connectivity index (χ1v) is 13.1. The zero-order valence-electron chi connectivity index (χ0n) is 20.8. The predicted octanol–water partition coefficient (Wildman–Crippen LogP) is 7.94. The lowest BCUT2D eigenvalue weighted by Crippen LogP contribution is -2.44. The average molecular weight is 439 g/mol. The lowest BCUT2D eigenvalue weighted by molar-refractivity contribution is -0.161. The summed E-state index contributed by atoms with van der Waals surface area (Å²) in [5, 5.41) is 19.8. The van der Waals surface area contributed by atoms with Crippen LogP contribution in [0.2, 0.25) is 0 Å². The standard InChI is InChI=1S/C27H50O4/c1-21(2)14-10-7-5-6-8-12-16-24-20-23(25(28)29)17-19-27(24,26(30)31)18-13-9-11-15-22(3)4/h21-24H,5-20H2,1-4H3,(H,28,29)(H,30,31). The smallest absolute Gasteiger partial charge is 0.309 e. The van der Waals surface area contributed by atoms with Gasteiger partial charge in [-0.15, -0.1) is 0 Å². The number of carboxylic acid groups (broad SMARTS) is 2. The SMILES string of the molecule is CC(C)CCCCCCCCC1CC(C(=O)O)CCC1(CCCCCC(C)C)C(=O)O. The third-order valence-corrected chi connectivity index (χ3v) is 7.55. The summed E-state index contributed by atoms with van der Waals surface area (Å²) in [6.45, 7) is 9.00. The molecule has 0 aromatic rings. The molecule has 4 heteroatoms. The van der Waals surface area contributed by atoms with E-state index in [-0.39, 0.29) is 11.8 Å². The Bertz CT molecular complexity index is 513. The molecular weight excluding hydrogens is 388 g/mol. The Labute approximate surface area is 191 Å². The Balaban J connectivity index is 2.57. The second-order valence-corrected chi connectivity index (χ2v) is 11.1. The fourth-order valence-electron chi connectivity index (χ4n) is 5.48. The van der Waals surface area contributed by atoms with Crippen molar-refractivity contribution >= 4 is 11.9 Å². The first-order valence-electron chi connectivity index (χ1n) is 13.1. The maximum atomic E-state index is 12.4. The van der Waals surface area contributed by atoms with E-state index >= 15 is 0 Å². The number of rotatable bonds is 17. The molecule has 1 rings (SSSR count). The third kappa shape index (κ3) is 10.4. The number of unbranched alkanes of at least 4 members (excludes halogenated alkanes) is 7. The van der Waals surface area contributed by atoms with Gasteiger partial charge < -0.3 is 10.2 Å². The van der Waals surface area contributed by atoms with E-state index in [4.69, 9.17) is 0 Å². The number of carbonyl (C=O) groups is 2. The van der Waals surface area contributed by atoms with Crippen LogP contribution in [0.5, 0.6) is 0 Å². The van der Waals surface area contributed by atoms with Crippen LogP contribution in [0.1, 0.15) is 130 Å². The molecule has 1 saturated carbocycles. The zero-order chi connectivity index (χ0) is 23.3. The molecule has 0 aromatic carbocycles. The molecule has 0 saturated heterocycles. The lowest BCUT2D eigenvalue weighted by atomic mass is 9.59. The van der Waals surface area contributed by atoms with Gasteiger partial charge in [0.2, 0.25) is 0 Å². The largest absolute Gasteiger partial charge is 0.481 e. The summed E-state index contributed by atoms with van der Waals surface area (Å²) >= 11 is 0.